The Morgan fingerprint density at radius 1 is 0.636 bits per heavy atom. The molecule has 10 nitrogen and oxygen atoms in total. The normalized spacial score (nSPS) is 10.8. The van der Waals surface area contributed by atoms with E-state index in [2.05, 4.69) is 12.2 Å². The number of carbonyl (C=O) groups is 3. The Bertz CT molecular complexity index is 489. The molecule has 0 radical (unpaired) electrons. The molecular weight excluding hydrogens is 434 g/mol. The largest absolute Gasteiger partial charge is 0.481 e. The van der Waals surface area contributed by atoms with Gasteiger partial charge < -0.3 is 34.1 Å². The molecule has 0 aromatic carbocycles. The summed E-state index contributed by atoms with van der Waals surface area (Å²) in [5, 5.41) is 11.1. The maximum Gasteiger partial charge on any atom is 0.305 e. The molecule has 0 aromatic rings. The van der Waals surface area contributed by atoms with Gasteiger partial charge in [-0.05, 0) is 12.8 Å². The fourth-order valence-corrected chi connectivity index (χ4v) is 2.63. The molecule has 0 aliphatic rings. The molecule has 0 unspecified atom stereocenters. The summed E-state index contributed by atoms with van der Waals surface area (Å²) in [5.41, 5.74) is 0. The van der Waals surface area contributed by atoms with Crippen molar-refractivity contribution in [1.29, 1.82) is 0 Å². The zero-order valence-corrected chi connectivity index (χ0v) is 20.1. The van der Waals surface area contributed by atoms with Crippen LogP contribution < -0.4 is 5.32 Å². The van der Waals surface area contributed by atoms with E-state index >= 15 is 0 Å². The molecule has 0 aromatic heterocycles. The lowest BCUT2D eigenvalue weighted by Crippen LogP contribution is -2.25. The zero-order chi connectivity index (χ0) is 24.4. The van der Waals surface area contributed by atoms with Crippen molar-refractivity contribution in [3.63, 3.8) is 0 Å². The van der Waals surface area contributed by atoms with E-state index in [0.29, 0.717) is 72.2 Å². The van der Waals surface area contributed by atoms with Crippen molar-refractivity contribution in [1.82, 2.24) is 5.32 Å². The number of ether oxygens (including phenoxy) is 5. The molecule has 0 aliphatic heterocycles. The van der Waals surface area contributed by atoms with Crippen molar-refractivity contribution >= 4 is 17.8 Å². The second kappa shape index (κ2) is 24.9. The Hall–Kier alpha value is -1.75. The highest BCUT2D eigenvalue weighted by Crippen LogP contribution is 2.05. The maximum absolute atomic E-state index is 11.5. The second-order valence-corrected chi connectivity index (χ2v) is 7.43. The highest BCUT2D eigenvalue weighted by molar-refractivity contribution is 5.80. The van der Waals surface area contributed by atoms with Crippen LogP contribution in [-0.4, -0.2) is 89.0 Å². The monoisotopic (exact) mass is 477 g/mol. The van der Waals surface area contributed by atoms with E-state index in [9.17, 15) is 14.4 Å². The fourth-order valence-electron chi connectivity index (χ4n) is 2.63. The molecular formula is C23H43NO9. The van der Waals surface area contributed by atoms with Crippen LogP contribution in [0.15, 0.2) is 0 Å². The molecule has 0 atom stereocenters. The number of esters is 1. The highest BCUT2D eigenvalue weighted by atomic mass is 16.6. The van der Waals surface area contributed by atoms with Crippen molar-refractivity contribution in [2.45, 2.75) is 64.7 Å². The Labute approximate surface area is 197 Å². The van der Waals surface area contributed by atoms with E-state index in [-0.39, 0.29) is 31.3 Å². The Kier molecular flexibility index (Phi) is 23.6. The molecule has 2 N–H and O–H groups in total. The number of carboxylic acid groups (broad SMARTS) is 1. The fraction of sp³-hybridized carbons (Fsp3) is 0.870. The van der Waals surface area contributed by atoms with Gasteiger partial charge in [0.1, 0.15) is 6.61 Å². The van der Waals surface area contributed by atoms with Crippen LogP contribution in [0.3, 0.4) is 0 Å². The molecule has 0 spiro atoms. The number of amides is 1. The van der Waals surface area contributed by atoms with Crippen molar-refractivity contribution in [2.75, 3.05) is 66.0 Å². The first kappa shape index (κ1) is 31.2. The van der Waals surface area contributed by atoms with Crippen molar-refractivity contribution in [3.8, 4) is 0 Å². The van der Waals surface area contributed by atoms with Gasteiger partial charge in [-0.2, -0.15) is 0 Å². The first-order valence-electron chi connectivity index (χ1n) is 12.0. The van der Waals surface area contributed by atoms with E-state index in [1.54, 1.807) is 0 Å². The van der Waals surface area contributed by atoms with Crippen LogP contribution in [0.2, 0.25) is 0 Å². The van der Waals surface area contributed by atoms with Crippen LogP contribution in [0.5, 0.6) is 0 Å². The van der Waals surface area contributed by atoms with Crippen LogP contribution in [-0.2, 0) is 38.1 Å². The third-order valence-electron chi connectivity index (χ3n) is 4.44. The average molecular weight is 478 g/mol. The quantitative estimate of drug-likeness (QED) is 0.150. The third-order valence-corrected chi connectivity index (χ3v) is 4.44. The molecule has 194 valence electrons. The lowest BCUT2D eigenvalue weighted by atomic mass is 10.1. The summed E-state index contributed by atoms with van der Waals surface area (Å²) in [4.78, 5) is 33.2. The van der Waals surface area contributed by atoms with Crippen molar-refractivity contribution < 1.29 is 43.2 Å². The van der Waals surface area contributed by atoms with Crippen LogP contribution in [0.4, 0.5) is 0 Å². The highest BCUT2D eigenvalue weighted by Gasteiger charge is 2.04. The standard InChI is InChI=1S/C23H43NO9/c1-2-3-4-5-6-8-23(28)33-20-19-32-18-17-31-16-15-30-14-13-29-12-7-11-24-21(25)9-10-22(26)27/h2-20H2,1H3,(H,24,25)(H,26,27). The lowest BCUT2D eigenvalue weighted by Gasteiger charge is -2.08. The Morgan fingerprint density at radius 3 is 1.76 bits per heavy atom. The van der Waals surface area contributed by atoms with Crippen LogP contribution in [0, 0.1) is 0 Å². The van der Waals surface area contributed by atoms with E-state index < -0.39 is 5.97 Å². The molecule has 0 fully saturated rings. The zero-order valence-electron chi connectivity index (χ0n) is 20.1. The molecule has 0 heterocycles. The van der Waals surface area contributed by atoms with Gasteiger partial charge in [0.25, 0.3) is 0 Å². The van der Waals surface area contributed by atoms with E-state index in [4.69, 9.17) is 28.8 Å². The number of carbonyl (C=O) groups excluding carboxylic acids is 2. The summed E-state index contributed by atoms with van der Waals surface area (Å²) in [6, 6.07) is 0. The molecule has 0 aliphatic carbocycles. The van der Waals surface area contributed by atoms with Gasteiger partial charge in [0, 0.05) is 26.0 Å². The predicted octanol–water partition coefficient (Wildman–Crippen LogP) is 2.33. The number of carboxylic acids is 1. The summed E-state index contributed by atoms with van der Waals surface area (Å²) in [7, 11) is 0. The maximum atomic E-state index is 11.5. The topological polar surface area (TPSA) is 130 Å². The van der Waals surface area contributed by atoms with Gasteiger partial charge in [-0.1, -0.05) is 32.6 Å². The molecule has 0 bridgehead atoms. The summed E-state index contributed by atoms with van der Waals surface area (Å²) in [5.74, 6) is -1.41. The summed E-state index contributed by atoms with van der Waals surface area (Å²) >= 11 is 0. The van der Waals surface area contributed by atoms with Gasteiger partial charge >= 0.3 is 11.9 Å². The molecule has 0 saturated heterocycles. The van der Waals surface area contributed by atoms with Gasteiger partial charge in [0.15, 0.2) is 0 Å². The van der Waals surface area contributed by atoms with Crippen LogP contribution in [0.25, 0.3) is 0 Å². The Morgan fingerprint density at radius 2 is 1.18 bits per heavy atom. The van der Waals surface area contributed by atoms with Gasteiger partial charge in [-0.25, -0.2) is 0 Å². The number of hydrogen-bond donors (Lipinski definition) is 2. The van der Waals surface area contributed by atoms with E-state index in [0.717, 1.165) is 12.8 Å². The number of unbranched alkanes of at least 4 members (excludes halogenated alkanes) is 4. The first-order chi connectivity index (χ1) is 16.1. The molecule has 0 saturated carbocycles. The van der Waals surface area contributed by atoms with E-state index in [1.165, 1.54) is 19.3 Å². The van der Waals surface area contributed by atoms with Crippen molar-refractivity contribution in [3.05, 3.63) is 0 Å². The van der Waals surface area contributed by atoms with E-state index in [1.807, 2.05) is 0 Å². The van der Waals surface area contributed by atoms with Gasteiger partial charge in [-0.3, -0.25) is 14.4 Å². The summed E-state index contributed by atoms with van der Waals surface area (Å²) in [6.07, 6.45) is 6.51. The predicted molar refractivity (Wildman–Crippen MR) is 122 cm³/mol. The molecule has 0 rings (SSSR count). The first-order valence-corrected chi connectivity index (χ1v) is 12.0. The number of aliphatic carboxylic acids is 1. The van der Waals surface area contributed by atoms with Crippen LogP contribution >= 0.6 is 0 Å². The van der Waals surface area contributed by atoms with Gasteiger partial charge in [0.05, 0.1) is 52.7 Å². The average Bonchev–Trinajstić information content (AvgIpc) is 2.79. The van der Waals surface area contributed by atoms with Gasteiger partial charge in [-0.15, -0.1) is 0 Å². The number of hydrogen-bond acceptors (Lipinski definition) is 8. The molecule has 10 heteroatoms. The van der Waals surface area contributed by atoms with Gasteiger partial charge in [0.2, 0.25) is 5.91 Å². The minimum atomic E-state index is -0.981. The molecule has 33 heavy (non-hydrogen) atoms. The number of rotatable bonds is 25. The SMILES string of the molecule is CCCCCCCC(=O)OCCOCCOCCOCCOCCCNC(=O)CCC(=O)O. The minimum absolute atomic E-state index is 0.00698. The summed E-state index contributed by atoms with van der Waals surface area (Å²) < 4.78 is 26.6. The summed E-state index contributed by atoms with van der Waals surface area (Å²) in [6.45, 7) is 6.45. The molecule has 1 amide bonds. The third kappa shape index (κ3) is 26.4. The smallest absolute Gasteiger partial charge is 0.305 e. The Balaban J connectivity index is 3.17. The second-order valence-electron chi connectivity index (χ2n) is 7.43. The van der Waals surface area contributed by atoms with Crippen molar-refractivity contribution in [2.24, 2.45) is 0 Å². The minimum Gasteiger partial charge on any atom is -0.481 e. The lowest BCUT2D eigenvalue weighted by molar-refractivity contribution is -0.145. The number of nitrogens with one attached hydrogen (secondary N) is 1. The van der Waals surface area contributed by atoms with Crippen LogP contribution in [0.1, 0.15) is 64.7 Å².